The first-order valence-corrected chi connectivity index (χ1v) is 6.58. The first-order valence-electron chi connectivity index (χ1n) is 6.20. The van der Waals surface area contributed by atoms with E-state index in [0.717, 1.165) is 0 Å². The minimum Gasteiger partial charge on any atom is -0.435 e. The first-order chi connectivity index (χ1) is 9.95. The summed E-state index contributed by atoms with van der Waals surface area (Å²) in [5.74, 6) is -0.375. The van der Waals surface area contributed by atoms with E-state index < -0.39 is 18.5 Å². The highest BCUT2D eigenvalue weighted by atomic mass is 35.5. The van der Waals surface area contributed by atoms with Crippen molar-refractivity contribution < 1.29 is 17.9 Å². The van der Waals surface area contributed by atoms with Gasteiger partial charge in [-0.1, -0.05) is 23.7 Å². The lowest BCUT2D eigenvalue weighted by atomic mass is 9.99. The number of halogens is 4. The molecule has 2 rings (SSSR count). The van der Waals surface area contributed by atoms with Gasteiger partial charge >= 0.3 is 6.61 Å². The fraction of sp³-hybridized carbons (Fsp3) is 0.200. The van der Waals surface area contributed by atoms with Crippen LogP contribution in [0.3, 0.4) is 0 Å². The van der Waals surface area contributed by atoms with Crippen molar-refractivity contribution in [2.24, 2.45) is 5.73 Å². The zero-order valence-electron chi connectivity index (χ0n) is 10.9. The molecule has 0 bridgehead atoms. The van der Waals surface area contributed by atoms with E-state index in [9.17, 15) is 13.2 Å². The fourth-order valence-electron chi connectivity index (χ4n) is 1.98. The van der Waals surface area contributed by atoms with Gasteiger partial charge < -0.3 is 10.5 Å². The Labute approximate surface area is 125 Å². The summed E-state index contributed by atoms with van der Waals surface area (Å²) in [4.78, 5) is 0. The number of nitrogens with two attached hydrogens (primary N) is 1. The van der Waals surface area contributed by atoms with Crippen LogP contribution in [0.15, 0.2) is 42.5 Å². The Morgan fingerprint density at radius 3 is 2.62 bits per heavy atom. The third kappa shape index (κ3) is 4.37. The van der Waals surface area contributed by atoms with Crippen LogP contribution in [-0.2, 0) is 6.42 Å². The molecule has 2 N–H and O–H groups in total. The normalized spacial score (nSPS) is 12.5. The molecule has 21 heavy (non-hydrogen) atoms. The lowest BCUT2D eigenvalue weighted by Gasteiger charge is -2.14. The third-order valence-electron chi connectivity index (χ3n) is 2.96. The van der Waals surface area contributed by atoms with Gasteiger partial charge in [0, 0.05) is 11.1 Å². The molecule has 1 atom stereocenters. The average Bonchev–Trinajstić information content (AvgIpc) is 2.42. The number of hydrogen-bond acceptors (Lipinski definition) is 2. The average molecular weight is 316 g/mol. The predicted octanol–water partition coefficient (Wildman–Crippen LogP) is 4.32. The smallest absolute Gasteiger partial charge is 0.387 e. The van der Waals surface area contributed by atoms with Crippen molar-refractivity contribution in [3.05, 3.63) is 64.4 Å². The summed E-state index contributed by atoms with van der Waals surface area (Å²) in [6.45, 7) is -2.89. The lowest BCUT2D eigenvalue weighted by Crippen LogP contribution is -2.14. The monoisotopic (exact) mass is 315 g/mol. The van der Waals surface area contributed by atoms with Crippen LogP contribution >= 0.6 is 11.6 Å². The van der Waals surface area contributed by atoms with Crippen LogP contribution in [0.4, 0.5) is 13.2 Å². The molecule has 0 amide bonds. The summed E-state index contributed by atoms with van der Waals surface area (Å²) in [6.07, 6.45) is 0.286. The number of ether oxygens (including phenoxy) is 1. The van der Waals surface area contributed by atoms with Gasteiger partial charge in [-0.15, -0.1) is 0 Å². The van der Waals surface area contributed by atoms with Gasteiger partial charge in [-0.3, -0.25) is 0 Å². The van der Waals surface area contributed by atoms with Crippen LogP contribution in [0.25, 0.3) is 0 Å². The molecule has 0 heterocycles. The lowest BCUT2D eigenvalue weighted by molar-refractivity contribution is -0.0499. The van der Waals surface area contributed by atoms with E-state index in [1.165, 1.54) is 30.3 Å². The van der Waals surface area contributed by atoms with Gasteiger partial charge in [0.05, 0.1) is 0 Å². The van der Waals surface area contributed by atoms with Crippen LogP contribution in [0, 0.1) is 5.82 Å². The van der Waals surface area contributed by atoms with Crippen LogP contribution in [0.1, 0.15) is 17.2 Å². The zero-order valence-corrected chi connectivity index (χ0v) is 11.7. The van der Waals surface area contributed by atoms with Crippen LogP contribution in [0.2, 0.25) is 5.02 Å². The molecule has 0 aliphatic carbocycles. The summed E-state index contributed by atoms with van der Waals surface area (Å²) in [5.41, 5.74) is 7.19. The predicted molar refractivity (Wildman–Crippen MR) is 75.1 cm³/mol. The van der Waals surface area contributed by atoms with Gasteiger partial charge in [0.15, 0.2) is 0 Å². The SMILES string of the molecule is NC(Cc1cc(F)ccc1Cl)c1cccc(OC(F)F)c1. The highest BCUT2D eigenvalue weighted by Crippen LogP contribution is 2.25. The van der Waals surface area contributed by atoms with E-state index in [2.05, 4.69) is 4.74 Å². The molecule has 0 fully saturated rings. The van der Waals surface area contributed by atoms with Crippen LogP contribution in [0.5, 0.6) is 5.75 Å². The molecule has 1 unspecified atom stereocenters. The molecule has 0 saturated carbocycles. The van der Waals surface area contributed by atoms with E-state index >= 15 is 0 Å². The molecule has 0 saturated heterocycles. The quantitative estimate of drug-likeness (QED) is 0.891. The molecular weight excluding hydrogens is 303 g/mol. The van der Waals surface area contributed by atoms with Gasteiger partial charge in [-0.2, -0.15) is 8.78 Å². The Morgan fingerprint density at radius 1 is 1.14 bits per heavy atom. The minimum absolute atomic E-state index is 0.0308. The van der Waals surface area contributed by atoms with Crippen molar-refractivity contribution in [2.45, 2.75) is 19.1 Å². The second kappa shape index (κ2) is 6.83. The molecule has 6 heteroatoms. The van der Waals surface area contributed by atoms with Gasteiger partial charge in [0.2, 0.25) is 0 Å². The van der Waals surface area contributed by atoms with Crippen LogP contribution < -0.4 is 10.5 Å². The highest BCUT2D eigenvalue weighted by molar-refractivity contribution is 6.31. The number of rotatable bonds is 5. The van der Waals surface area contributed by atoms with Gasteiger partial charge in [0.25, 0.3) is 0 Å². The molecule has 2 aromatic carbocycles. The Balaban J connectivity index is 2.16. The topological polar surface area (TPSA) is 35.2 Å². The highest BCUT2D eigenvalue weighted by Gasteiger charge is 2.12. The van der Waals surface area contributed by atoms with E-state index in [0.29, 0.717) is 16.1 Å². The Morgan fingerprint density at radius 2 is 1.90 bits per heavy atom. The van der Waals surface area contributed by atoms with E-state index in [1.54, 1.807) is 12.1 Å². The van der Waals surface area contributed by atoms with Crippen molar-refractivity contribution in [2.75, 3.05) is 0 Å². The second-order valence-electron chi connectivity index (χ2n) is 4.50. The van der Waals surface area contributed by atoms with Crippen LogP contribution in [-0.4, -0.2) is 6.61 Å². The molecule has 2 aromatic rings. The first kappa shape index (κ1) is 15.7. The van der Waals surface area contributed by atoms with Crippen molar-refractivity contribution in [3.8, 4) is 5.75 Å². The molecule has 0 radical (unpaired) electrons. The fourth-order valence-corrected chi connectivity index (χ4v) is 2.17. The summed E-state index contributed by atoms with van der Waals surface area (Å²) < 4.78 is 41.9. The van der Waals surface area contributed by atoms with Crippen molar-refractivity contribution >= 4 is 11.6 Å². The molecular formula is C15H13ClF3NO. The molecule has 0 aromatic heterocycles. The molecule has 0 spiro atoms. The molecule has 112 valence electrons. The molecule has 0 aliphatic rings. The Bertz CT molecular complexity index is 622. The van der Waals surface area contributed by atoms with Gasteiger partial charge in [-0.25, -0.2) is 4.39 Å². The maximum Gasteiger partial charge on any atom is 0.387 e. The molecule has 2 nitrogen and oxygen atoms in total. The van der Waals surface area contributed by atoms with E-state index in [1.807, 2.05) is 0 Å². The largest absolute Gasteiger partial charge is 0.435 e. The summed E-state index contributed by atoms with van der Waals surface area (Å²) in [7, 11) is 0. The van der Waals surface area contributed by atoms with Gasteiger partial charge in [0.1, 0.15) is 11.6 Å². The summed E-state index contributed by atoms with van der Waals surface area (Å²) in [5, 5.41) is 0.409. The number of hydrogen-bond donors (Lipinski definition) is 1. The maximum atomic E-state index is 13.2. The van der Waals surface area contributed by atoms with Crippen molar-refractivity contribution in [3.63, 3.8) is 0 Å². The third-order valence-corrected chi connectivity index (χ3v) is 3.33. The Hall–Kier alpha value is -1.72. The number of alkyl halides is 2. The van der Waals surface area contributed by atoms with Gasteiger partial charge in [-0.05, 0) is 47.9 Å². The minimum atomic E-state index is -2.89. The van der Waals surface area contributed by atoms with E-state index in [4.69, 9.17) is 17.3 Å². The maximum absolute atomic E-state index is 13.2. The summed E-state index contributed by atoms with van der Waals surface area (Å²) in [6, 6.07) is 9.62. The second-order valence-corrected chi connectivity index (χ2v) is 4.90. The zero-order chi connectivity index (χ0) is 15.4. The summed E-state index contributed by atoms with van der Waals surface area (Å²) >= 11 is 5.98. The van der Waals surface area contributed by atoms with Crippen molar-refractivity contribution in [1.29, 1.82) is 0 Å². The number of benzene rings is 2. The standard InChI is InChI=1S/C15H13ClF3NO/c16-13-5-4-11(17)6-10(13)8-14(20)9-2-1-3-12(7-9)21-15(18)19/h1-7,14-15H,8,20H2. The van der Waals surface area contributed by atoms with E-state index in [-0.39, 0.29) is 12.2 Å². The molecule has 0 aliphatic heterocycles. The Kier molecular flexibility index (Phi) is 5.09. The van der Waals surface area contributed by atoms with Crippen molar-refractivity contribution in [1.82, 2.24) is 0 Å².